The van der Waals surface area contributed by atoms with Gasteiger partial charge in [0.1, 0.15) is 11.4 Å². The minimum Gasteiger partial charge on any atom is -0.444 e. The lowest BCUT2D eigenvalue weighted by Gasteiger charge is -2.26. The second-order valence-corrected chi connectivity index (χ2v) is 8.28. The molecule has 166 valence electrons. The molecule has 0 radical (unpaired) electrons. The molecule has 1 heterocycles. The van der Waals surface area contributed by atoms with Crippen molar-refractivity contribution in [1.29, 1.82) is 0 Å². The normalized spacial score (nSPS) is 13.2. The molecule has 0 aliphatic heterocycles. The lowest BCUT2D eigenvalue weighted by molar-refractivity contribution is 0.0278. The zero-order valence-electron chi connectivity index (χ0n) is 19.4. The van der Waals surface area contributed by atoms with Crippen LogP contribution in [0.2, 0.25) is 0 Å². The van der Waals surface area contributed by atoms with Crippen LogP contribution in [0.1, 0.15) is 65.5 Å². The summed E-state index contributed by atoms with van der Waals surface area (Å²) in [5, 5.41) is 10.8. The Morgan fingerprint density at radius 2 is 1.93 bits per heavy atom. The molecule has 0 saturated carbocycles. The van der Waals surface area contributed by atoms with Gasteiger partial charge < -0.3 is 24.8 Å². The van der Waals surface area contributed by atoms with Crippen LogP contribution >= 0.6 is 0 Å². The number of amides is 1. The molecule has 0 aliphatic rings. The van der Waals surface area contributed by atoms with Crippen molar-refractivity contribution in [1.82, 2.24) is 20.7 Å². The van der Waals surface area contributed by atoms with E-state index in [1.54, 1.807) is 11.9 Å². The molecule has 8 nitrogen and oxygen atoms in total. The molecular formula is C21H39N5O3. The molecule has 1 unspecified atom stereocenters. The molecule has 1 aromatic heterocycles. The molecule has 0 aliphatic carbocycles. The first-order valence-corrected chi connectivity index (χ1v) is 10.5. The SMILES string of the molecule is CCNC(=NCc1c(CC)noc1CC)NCC(C)CN(C)C(=O)OC(C)(C)C. The maximum absolute atomic E-state index is 12.1. The van der Waals surface area contributed by atoms with Gasteiger partial charge in [-0.15, -0.1) is 0 Å². The standard InChI is InChI=1S/C21H39N5O3/c1-9-17-16(18(10-2)29-25-17)13-24-19(22-11-3)23-12-15(4)14-26(8)20(27)28-21(5,6)7/h15H,9-14H2,1-8H3,(H2,22,23,24). The summed E-state index contributed by atoms with van der Waals surface area (Å²) in [5.41, 5.74) is 1.55. The summed E-state index contributed by atoms with van der Waals surface area (Å²) in [5.74, 6) is 1.86. The molecule has 0 spiro atoms. The van der Waals surface area contributed by atoms with Gasteiger partial charge in [0.2, 0.25) is 0 Å². The Balaban J connectivity index is 2.64. The monoisotopic (exact) mass is 409 g/mol. The van der Waals surface area contributed by atoms with Crippen molar-refractivity contribution in [2.75, 3.05) is 26.7 Å². The van der Waals surface area contributed by atoms with Crippen LogP contribution in [0.15, 0.2) is 9.52 Å². The lowest BCUT2D eigenvalue weighted by atomic mass is 10.1. The maximum Gasteiger partial charge on any atom is 0.410 e. The molecule has 1 aromatic rings. The Hall–Kier alpha value is -2.25. The molecule has 0 bridgehead atoms. The molecular weight excluding hydrogens is 370 g/mol. The van der Waals surface area contributed by atoms with Gasteiger partial charge in [-0.2, -0.15) is 0 Å². The van der Waals surface area contributed by atoms with Gasteiger partial charge >= 0.3 is 6.09 Å². The largest absolute Gasteiger partial charge is 0.444 e. The number of aliphatic imine (C=N–C) groups is 1. The molecule has 0 fully saturated rings. The van der Waals surface area contributed by atoms with Gasteiger partial charge in [0.25, 0.3) is 0 Å². The highest BCUT2D eigenvalue weighted by atomic mass is 16.6. The van der Waals surface area contributed by atoms with Crippen molar-refractivity contribution < 1.29 is 14.1 Å². The summed E-state index contributed by atoms with van der Waals surface area (Å²) < 4.78 is 10.8. The number of aromatic nitrogens is 1. The average molecular weight is 410 g/mol. The minimum atomic E-state index is -0.492. The first-order valence-electron chi connectivity index (χ1n) is 10.5. The zero-order valence-corrected chi connectivity index (χ0v) is 19.4. The number of hydrogen-bond acceptors (Lipinski definition) is 5. The van der Waals surface area contributed by atoms with Gasteiger partial charge in [0, 0.05) is 38.7 Å². The third-order valence-electron chi connectivity index (χ3n) is 4.26. The molecule has 0 aromatic carbocycles. The van der Waals surface area contributed by atoms with E-state index in [-0.39, 0.29) is 12.0 Å². The van der Waals surface area contributed by atoms with Crippen molar-refractivity contribution in [2.24, 2.45) is 10.9 Å². The molecule has 8 heteroatoms. The first-order chi connectivity index (χ1) is 13.6. The van der Waals surface area contributed by atoms with Crippen molar-refractivity contribution in [3.63, 3.8) is 0 Å². The van der Waals surface area contributed by atoms with E-state index in [9.17, 15) is 4.79 Å². The van der Waals surface area contributed by atoms with Crippen LogP contribution in [0.3, 0.4) is 0 Å². The van der Waals surface area contributed by atoms with Crippen LogP contribution in [-0.2, 0) is 24.1 Å². The second kappa shape index (κ2) is 11.7. The number of carbonyl (C=O) groups is 1. The van der Waals surface area contributed by atoms with Crippen LogP contribution in [-0.4, -0.2) is 54.4 Å². The molecule has 29 heavy (non-hydrogen) atoms. The van der Waals surface area contributed by atoms with E-state index in [0.717, 1.165) is 42.4 Å². The minimum absolute atomic E-state index is 0.226. The molecule has 0 saturated heterocycles. The van der Waals surface area contributed by atoms with Gasteiger partial charge in [-0.25, -0.2) is 9.79 Å². The summed E-state index contributed by atoms with van der Waals surface area (Å²) in [6.45, 7) is 16.4. The highest BCUT2D eigenvalue weighted by molar-refractivity contribution is 5.79. The molecule has 1 rings (SSSR count). The molecule has 2 N–H and O–H groups in total. The number of hydrogen-bond donors (Lipinski definition) is 2. The number of nitrogens with one attached hydrogen (secondary N) is 2. The number of rotatable bonds is 9. The highest BCUT2D eigenvalue weighted by Gasteiger charge is 2.21. The van der Waals surface area contributed by atoms with E-state index in [1.807, 2.05) is 27.7 Å². The van der Waals surface area contributed by atoms with Crippen LogP contribution in [0.25, 0.3) is 0 Å². The van der Waals surface area contributed by atoms with E-state index in [4.69, 9.17) is 14.3 Å². The van der Waals surface area contributed by atoms with E-state index in [0.29, 0.717) is 19.6 Å². The topological polar surface area (TPSA) is 92.0 Å². The predicted molar refractivity (Wildman–Crippen MR) is 116 cm³/mol. The Morgan fingerprint density at radius 1 is 1.24 bits per heavy atom. The second-order valence-electron chi connectivity index (χ2n) is 8.28. The van der Waals surface area contributed by atoms with Gasteiger partial charge in [-0.05, 0) is 40.0 Å². The Bertz CT molecular complexity index is 642. The number of carbonyl (C=O) groups excluding carboxylic acids is 1. The summed E-state index contributed by atoms with van der Waals surface area (Å²) in [7, 11) is 1.76. The van der Waals surface area contributed by atoms with Gasteiger partial charge in [0.05, 0.1) is 12.2 Å². The van der Waals surface area contributed by atoms with E-state index >= 15 is 0 Å². The molecule has 1 amide bonds. The lowest BCUT2D eigenvalue weighted by Crippen LogP contribution is -2.42. The van der Waals surface area contributed by atoms with Crippen LogP contribution < -0.4 is 10.6 Å². The predicted octanol–water partition coefficient (Wildman–Crippen LogP) is 3.36. The van der Waals surface area contributed by atoms with Crippen molar-refractivity contribution in [2.45, 2.75) is 73.5 Å². The van der Waals surface area contributed by atoms with E-state index in [2.05, 4.69) is 36.6 Å². The average Bonchev–Trinajstić information content (AvgIpc) is 3.04. The van der Waals surface area contributed by atoms with Gasteiger partial charge in [-0.3, -0.25) is 0 Å². The third kappa shape index (κ3) is 8.75. The van der Waals surface area contributed by atoms with Gasteiger partial charge in [0.15, 0.2) is 5.96 Å². The number of nitrogens with zero attached hydrogens (tertiary/aromatic N) is 3. The number of aryl methyl sites for hydroxylation is 2. The third-order valence-corrected chi connectivity index (χ3v) is 4.26. The summed E-state index contributed by atoms with van der Waals surface area (Å²) in [4.78, 5) is 18.4. The number of ether oxygens (including phenoxy) is 1. The van der Waals surface area contributed by atoms with Crippen molar-refractivity contribution in [3.05, 3.63) is 17.0 Å². The molecule has 1 atom stereocenters. The van der Waals surface area contributed by atoms with E-state index < -0.39 is 5.60 Å². The quantitative estimate of drug-likeness (QED) is 0.480. The Labute approximate surface area is 175 Å². The summed E-state index contributed by atoms with van der Waals surface area (Å²) in [6, 6.07) is 0. The van der Waals surface area contributed by atoms with E-state index in [1.165, 1.54) is 0 Å². The fourth-order valence-electron chi connectivity index (χ4n) is 2.83. The van der Waals surface area contributed by atoms with Gasteiger partial charge in [-0.1, -0.05) is 25.9 Å². The van der Waals surface area contributed by atoms with Crippen LogP contribution in [0.5, 0.6) is 0 Å². The van der Waals surface area contributed by atoms with Crippen molar-refractivity contribution in [3.8, 4) is 0 Å². The van der Waals surface area contributed by atoms with Crippen LogP contribution in [0, 0.1) is 5.92 Å². The Morgan fingerprint density at radius 3 is 2.48 bits per heavy atom. The Kier molecular flexibility index (Phi) is 9.98. The summed E-state index contributed by atoms with van der Waals surface area (Å²) in [6.07, 6.45) is 1.32. The van der Waals surface area contributed by atoms with Crippen molar-refractivity contribution >= 4 is 12.1 Å². The zero-order chi connectivity index (χ0) is 22.0. The smallest absolute Gasteiger partial charge is 0.410 e. The summed E-state index contributed by atoms with van der Waals surface area (Å²) >= 11 is 0. The van der Waals surface area contributed by atoms with Crippen LogP contribution in [0.4, 0.5) is 4.79 Å². The number of guanidine groups is 1. The highest BCUT2D eigenvalue weighted by Crippen LogP contribution is 2.16. The maximum atomic E-state index is 12.1. The fourth-order valence-corrected chi connectivity index (χ4v) is 2.83. The fraction of sp³-hybridized carbons (Fsp3) is 0.762. The first kappa shape index (κ1) is 24.8.